The molecule has 0 spiro atoms. The summed E-state index contributed by atoms with van der Waals surface area (Å²) in [7, 11) is 6.12. The normalized spacial score (nSPS) is 13.7. The van der Waals surface area contributed by atoms with E-state index >= 15 is 0 Å². The van der Waals surface area contributed by atoms with Crippen LogP contribution < -0.4 is 5.32 Å². The molecule has 0 aliphatic carbocycles. The minimum Gasteiger partial charge on any atom is -0.355 e. The van der Waals surface area contributed by atoms with E-state index in [1.165, 1.54) is 0 Å². The largest absolute Gasteiger partial charge is 0.355 e. The van der Waals surface area contributed by atoms with Gasteiger partial charge in [-0.15, -0.1) is 0 Å². The fourth-order valence-corrected chi connectivity index (χ4v) is 1.99. The van der Waals surface area contributed by atoms with Crippen molar-refractivity contribution in [2.75, 3.05) is 34.2 Å². The number of likely N-dealkylation sites (N-methyl/N-ethyl adjacent to an activating group) is 1. The van der Waals surface area contributed by atoms with Gasteiger partial charge in [0.1, 0.15) is 0 Å². The van der Waals surface area contributed by atoms with Crippen molar-refractivity contribution in [1.29, 1.82) is 0 Å². The molecule has 0 saturated heterocycles. The van der Waals surface area contributed by atoms with Gasteiger partial charge in [-0.2, -0.15) is 0 Å². The first-order valence-corrected chi connectivity index (χ1v) is 6.91. The minimum atomic E-state index is -0.0376. The predicted molar refractivity (Wildman–Crippen MR) is 77.7 cm³/mol. The standard InChI is InChI=1S/C14H31N3O/c1-11(2)13(17(7)12(3)4)14(18)15-9-8-10-16(5)6/h11-13H,8-10H2,1-7H3,(H,15,18)/t13-/m1/s1. The second kappa shape index (κ2) is 8.48. The Balaban J connectivity index is 4.24. The van der Waals surface area contributed by atoms with Crippen molar-refractivity contribution >= 4 is 5.91 Å². The van der Waals surface area contributed by atoms with E-state index in [4.69, 9.17) is 0 Å². The summed E-state index contributed by atoms with van der Waals surface area (Å²) in [6, 6.07) is 0.342. The maximum atomic E-state index is 12.2. The van der Waals surface area contributed by atoms with Crippen LogP contribution in [0.25, 0.3) is 0 Å². The van der Waals surface area contributed by atoms with Crippen molar-refractivity contribution in [2.24, 2.45) is 5.92 Å². The van der Waals surface area contributed by atoms with Crippen molar-refractivity contribution in [2.45, 2.75) is 46.2 Å². The summed E-state index contributed by atoms with van der Waals surface area (Å²) in [6.07, 6.45) is 0.995. The predicted octanol–water partition coefficient (Wildman–Crippen LogP) is 1.42. The van der Waals surface area contributed by atoms with Crippen LogP contribution >= 0.6 is 0 Å². The van der Waals surface area contributed by atoms with Crippen molar-refractivity contribution in [3.05, 3.63) is 0 Å². The lowest BCUT2D eigenvalue weighted by Crippen LogP contribution is -2.50. The van der Waals surface area contributed by atoms with Crippen LogP contribution in [-0.2, 0) is 4.79 Å². The van der Waals surface area contributed by atoms with Crippen LogP contribution in [0.15, 0.2) is 0 Å². The van der Waals surface area contributed by atoms with Crippen LogP contribution in [-0.4, -0.2) is 62.0 Å². The zero-order valence-corrected chi connectivity index (χ0v) is 13.2. The Labute approximate surface area is 113 Å². The molecule has 18 heavy (non-hydrogen) atoms. The number of carbonyl (C=O) groups is 1. The van der Waals surface area contributed by atoms with Crippen LogP contribution in [0.5, 0.6) is 0 Å². The molecule has 0 aromatic carbocycles. The zero-order valence-electron chi connectivity index (χ0n) is 13.2. The quantitative estimate of drug-likeness (QED) is 0.668. The lowest BCUT2D eigenvalue weighted by molar-refractivity contribution is -0.128. The van der Waals surface area contributed by atoms with E-state index in [0.717, 1.165) is 19.5 Å². The molecule has 1 amide bonds. The van der Waals surface area contributed by atoms with Crippen LogP contribution in [0.4, 0.5) is 0 Å². The van der Waals surface area contributed by atoms with Gasteiger partial charge in [-0.05, 0) is 53.9 Å². The molecule has 0 saturated carbocycles. The molecular weight excluding hydrogens is 226 g/mol. The minimum absolute atomic E-state index is 0.0376. The molecule has 0 aliphatic rings. The number of hydrogen-bond acceptors (Lipinski definition) is 3. The Morgan fingerprint density at radius 3 is 2.06 bits per heavy atom. The highest BCUT2D eigenvalue weighted by Gasteiger charge is 2.27. The Kier molecular flexibility index (Phi) is 8.20. The summed E-state index contributed by atoms with van der Waals surface area (Å²) in [5.74, 6) is 0.478. The van der Waals surface area contributed by atoms with E-state index < -0.39 is 0 Å². The van der Waals surface area contributed by atoms with Crippen LogP contribution in [0.2, 0.25) is 0 Å². The van der Waals surface area contributed by atoms with Crippen molar-refractivity contribution in [3.8, 4) is 0 Å². The van der Waals surface area contributed by atoms with Gasteiger partial charge in [-0.3, -0.25) is 9.69 Å². The molecule has 0 bridgehead atoms. The first kappa shape index (κ1) is 17.4. The van der Waals surface area contributed by atoms with Crippen LogP contribution in [0.1, 0.15) is 34.1 Å². The Hall–Kier alpha value is -0.610. The van der Waals surface area contributed by atoms with Gasteiger partial charge in [0.25, 0.3) is 0 Å². The van der Waals surface area contributed by atoms with E-state index in [2.05, 4.69) is 42.8 Å². The molecule has 0 aromatic heterocycles. The summed E-state index contributed by atoms with van der Waals surface area (Å²) in [5, 5.41) is 3.05. The highest BCUT2D eigenvalue weighted by Crippen LogP contribution is 2.12. The van der Waals surface area contributed by atoms with Gasteiger partial charge in [-0.1, -0.05) is 13.8 Å². The lowest BCUT2D eigenvalue weighted by atomic mass is 10.0. The first-order valence-electron chi connectivity index (χ1n) is 6.91. The first-order chi connectivity index (χ1) is 8.27. The SMILES string of the molecule is CC(C)[C@H](C(=O)NCCCN(C)C)N(C)C(C)C. The second-order valence-electron chi connectivity index (χ2n) is 5.90. The monoisotopic (exact) mass is 257 g/mol. The number of amides is 1. The molecule has 0 rings (SSSR count). The molecule has 108 valence electrons. The Morgan fingerprint density at radius 1 is 1.11 bits per heavy atom. The van der Waals surface area contributed by atoms with E-state index in [9.17, 15) is 4.79 Å². The highest BCUT2D eigenvalue weighted by atomic mass is 16.2. The maximum absolute atomic E-state index is 12.2. The van der Waals surface area contributed by atoms with Crippen molar-refractivity contribution < 1.29 is 4.79 Å². The molecule has 4 nitrogen and oxygen atoms in total. The summed E-state index contributed by atoms with van der Waals surface area (Å²) in [6.45, 7) is 10.2. The molecule has 0 radical (unpaired) electrons. The van der Waals surface area contributed by atoms with E-state index in [1.807, 2.05) is 21.1 Å². The fraction of sp³-hybridized carbons (Fsp3) is 0.929. The highest BCUT2D eigenvalue weighted by molar-refractivity contribution is 5.82. The van der Waals surface area contributed by atoms with Gasteiger partial charge in [0, 0.05) is 12.6 Å². The Morgan fingerprint density at radius 2 is 1.67 bits per heavy atom. The molecule has 0 fully saturated rings. The van der Waals surface area contributed by atoms with E-state index in [1.54, 1.807) is 0 Å². The topological polar surface area (TPSA) is 35.6 Å². The summed E-state index contributed by atoms with van der Waals surface area (Å²) >= 11 is 0. The van der Waals surface area contributed by atoms with E-state index in [0.29, 0.717) is 12.0 Å². The van der Waals surface area contributed by atoms with Gasteiger partial charge < -0.3 is 10.2 Å². The summed E-state index contributed by atoms with van der Waals surface area (Å²) in [5.41, 5.74) is 0. The van der Waals surface area contributed by atoms with Crippen molar-refractivity contribution in [3.63, 3.8) is 0 Å². The fourth-order valence-electron chi connectivity index (χ4n) is 1.99. The number of hydrogen-bond donors (Lipinski definition) is 1. The molecule has 4 heteroatoms. The summed E-state index contributed by atoms with van der Waals surface area (Å²) < 4.78 is 0. The number of nitrogens with zero attached hydrogens (tertiary/aromatic N) is 2. The Bertz CT molecular complexity index is 239. The van der Waals surface area contributed by atoms with Gasteiger partial charge in [0.15, 0.2) is 0 Å². The summed E-state index contributed by atoms with van der Waals surface area (Å²) in [4.78, 5) is 16.5. The van der Waals surface area contributed by atoms with E-state index in [-0.39, 0.29) is 11.9 Å². The third kappa shape index (κ3) is 6.36. The number of rotatable bonds is 8. The number of nitrogens with one attached hydrogen (secondary N) is 1. The smallest absolute Gasteiger partial charge is 0.237 e. The zero-order chi connectivity index (χ0) is 14.3. The average molecular weight is 257 g/mol. The molecule has 0 aliphatic heterocycles. The molecule has 1 N–H and O–H groups in total. The molecular formula is C14H31N3O. The second-order valence-corrected chi connectivity index (χ2v) is 5.90. The van der Waals surface area contributed by atoms with Gasteiger partial charge in [0.2, 0.25) is 5.91 Å². The lowest BCUT2D eigenvalue weighted by Gasteiger charge is -2.33. The van der Waals surface area contributed by atoms with Crippen LogP contribution in [0, 0.1) is 5.92 Å². The third-order valence-electron chi connectivity index (χ3n) is 3.23. The number of carbonyl (C=O) groups excluding carboxylic acids is 1. The maximum Gasteiger partial charge on any atom is 0.237 e. The molecule has 1 atom stereocenters. The molecule has 0 aromatic rings. The molecule has 0 heterocycles. The van der Waals surface area contributed by atoms with Gasteiger partial charge >= 0.3 is 0 Å². The molecule has 0 unspecified atom stereocenters. The van der Waals surface area contributed by atoms with Crippen LogP contribution in [0.3, 0.4) is 0 Å². The third-order valence-corrected chi connectivity index (χ3v) is 3.23. The average Bonchev–Trinajstić information content (AvgIpc) is 2.23. The van der Waals surface area contributed by atoms with Gasteiger partial charge in [0.05, 0.1) is 6.04 Å². The van der Waals surface area contributed by atoms with Gasteiger partial charge in [-0.25, -0.2) is 0 Å². The van der Waals surface area contributed by atoms with Crippen molar-refractivity contribution in [1.82, 2.24) is 15.1 Å².